The maximum absolute atomic E-state index is 15.5. The van der Waals surface area contributed by atoms with Crippen molar-refractivity contribution in [1.29, 1.82) is 0 Å². The molecule has 0 spiro atoms. The van der Waals surface area contributed by atoms with Crippen molar-refractivity contribution in [2.75, 3.05) is 32.9 Å². The lowest BCUT2D eigenvalue weighted by Crippen LogP contribution is -2.44. The van der Waals surface area contributed by atoms with Crippen LogP contribution in [0.15, 0.2) is 60.7 Å². The van der Waals surface area contributed by atoms with E-state index in [1.807, 2.05) is 26.0 Å². The van der Waals surface area contributed by atoms with E-state index in [1.54, 1.807) is 0 Å². The summed E-state index contributed by atoms with van der Waals surface area (Å²) in [6.45, 7) is 5.75. The topological polar surface area (TPSA) is 106 Å². The van der Waals surface area contributed by atoms with E-state index in [4.69, 9.17) is 29.2 Å². The number of carbonyl (C=O) groups is 2. The number of likely N-dealkylation sites (tertiary alicyclic amines) is 1. The quantitative estimate of drug-likeness (QED) is 0.196. The number of aromatic carboxylic acids is 1. The van der Waals surface area contributed by atoms with Crippen molar-refractivity contribution in [2.24, 2.45) is 0 Å². The van der Waals surface area contributed by atoms with Crippen molar-refractivity contribution in [3.8, 4) is 28.4 Å². The highest BCUT2D eigenvalue weighted by Gasteiger charge is 2.38. The molecule has 1 heterocycles. The van der Waals surface area contributed by atoms with Gasteiger partial charge >= 0.3 is 24.3 Å². The molecule has 3 aromatic rings. The first kappa shape index (κ1) is 37.9. The first-order chi connectivity index (χ1) is 22.5. The molecule has 48 heavy (non-hydrogen) atoms. The highest BCUT2D eigenvalue weighted by atomic mass is 19.4. The van der Waals surface area contributed by atoms with Gasteiger partial charge in [0.1, 0.15) is 29.5 Å². The van der Waals surface area contributed by atoms with E-state index in [-0.39, 0.29) is 25.0 Å². The molecule has 4 rings (SSSR count). The molecule has 262 valence electrons. The van der Waals surface area contributed by atoms with Gasteiger partial charge in [0, 0.05) is 19.6 Å². The average molecular weight is 690 g/mol. The molecular formula is C33H34F7NO7. The minimum absolute atomic E-state index is 0.127. The molecule has 1 fully saturated rings. The highest BCUT2D eigenvalue weighted by Crippen LogP contribution is 2.42. The number of alkyl halides is 7. The third kappa shape index (κ3) is 10.8. The van der Waals surface area contributed by atoms with Crippen molar-refractivity contribution < 1.29 is 64.7 Å². The molecule has 0 unspecified atom stereocenters. The number of hydrogen-bond acceptors (Lipinski definition) is 6. The second-order valence-corrected chi connectivity index (χ2v) is 10.8. The van der Waals surface area contributed by atoms with E-state index in [1.165, 1.54) is 36.4 Å². The molecular weight excluding hydrogens is 655 g/mol. The van der Waals surface area contributed by atoms with Gasteiger partial charge in [0.2, 0.25) is 0 Å². The van der Waals surface area contributed by atoms with Crippen LogP contribution in [0.1, 0.15) is 48.2 Å². The Balaban J connectivity index is 0.000000804. The van der Waals surface area contributed by atoms with Gasteiger partial charge in [-0.3, -0.25) is 4.90 Å². The smallest absolute Gasteiger partial charge is 0.490 e. The number of carboxylic acid groups (broad SMARTS) is 2. The molecule has 1 aliphatic heterocycles. The third-order valence-corrected chi connectivity index (χ3v) is 7.23. The second-order valence-electron chi connectivity index (χ2n) is 10.8. The maximum atomic E-state index is 15.5. The van der Waals surface area contributed by atoms with Crippen LogP contribution < -0.4 is 14.2 Å². The van der Waals surface area contributed by atoms with Crippen LogP contribution in [0.25, 0.3) is 11.1 Å². The molecule has 0 radical (unpaired) electrons. The Morgan fingerprint density at radius 1 is 0.812 bits per heavy atom. The van der Waals surface area contributed by atoms with E-state index in [2.05, 4.69) is 4.90 Å². The molecule has 0 aromatic heterocycles. The summed E-state index contributed by atoms with van der Waals surface area (Å²) in [6.07, 6.45) is -8.99. The standard InChI is InChI=1S/C31H33F4NO5.C2HF3O2/c1-3-39-26-17-21(18-27(40-4-2)28(26)22-5-9-24(10-6-22)31(33,34)35)19-36-15-13-30(32,14-16-36)20-41-25-11-7-23(8-12-25)29(37)38;3-2(4,5)1(6)7/h5-12,17-18H,3-4,13-16,19-20H2,1-2H3,(H,37,38);(H,6,7). The summed E-state index contributed by atoms with van der Waals surface area (Å²) in [7, 11) is 0. The number of carboxylic acids is 2. The van der Waals surface area contributed by atoms with Gasteiger partial charge in [0.05, 0.1) is 29.9 Å². The lowest BCUT2D eigenvalue weighted by Gasteiger charge is -2.36. The SMILES string of the molecule is CCOc1cc(CN2CCC(F)(COc3ccc(C(=O)O)cc3)CC2)cc(OCC)c1-c1ccc(C(F)(F)F)cc1.O=C(O)C(F)(F)F. The minimum Gasteiger partial charge on any atom is -0.493 e. The predicted molar refractivity (Wildman–Crippen MR) is 160 cm³/mol. The summed E-state index contributed by atoms with van der Waals surface area (Å²) in [4.78, 5) is 22.0. The molecule has 0 atom stereocenters. The monoisotopic (exact) mass is 689 g/mol. The number of aliphatic carboxylic acids is 1. The van der Waals surface area contributed by atoms with Crippen molar-refractivity contribution in [3.63, 3.8) is 0 Å². The largest absolute Gasteiger partial charge is 0.493 e. The summed E-state index contributed by atoms with van der Waals surface area (Å²) in [5, 5.41) is 16.1. The van der Waals surface area contributed by atoms with Crippen LogP contribution in [0.4, 0.5) is 30.7 Å². The molecule has 0 aliphatic carbocycles. The number of piperidine rings is 1. The van der Waals surface area contributed by atoms with Crippen LogP contribution in [-0.4, -0.2) is 71.8 Å². The van der Waals surface area contributed by atoms with Crippen molar-refractivity contribution in [1.82, 2.24) is 4.90 Å². The summed E-state index contributed by atoms with van der Waals surface area (Å²) in [5.74, 6) is -2.37. The van der Waals surface area contributed by atoms with E-state index in [0.717, 1.165) is 17.7 Å². The average Bonchev–Trinajstić information content (AvgIpc) is 3.01. The van der Waals surface area contributed by atoms with E-state index < -0.39 is 35.5 Å². The van der Waals surface area contributed by atoms with Crippen molar-refractivity contribution in [3.05, 3.63) is 77.4 Å². The molecule has 8 nitrogen and oxygen atoms in total. The minimum atomic E-state index is -5.08. The first-order valence-electron chi connectivity index (χ1n) is 14.7. The number of benzene rings is 3. The number of nitrogens with zero attached hydrogens (tertiary/aromatic N) is 1. The predicted octanol–water partition coefficient (Wildman–Crippen LogP) is 7.88. The molecule has 3 aromatic carbocycles. The highest BCUT2D eigenvalue weighted by molar-refractivity contribution is 5.87. The number of ether oxygens (including phenoxy) is 3. The molecule has 0 amide bonds. The Bertz CT molecular complexity index is 1490. The summed E-state index contributed by atoms with van der Waals surface area (Å²) < 4.78 is 104. The van der Waals surface area contributed by atoms with E-state index in [9.17, 15) is 31.1 Å². The zero-order chi connectivity index (χ0) is 35.7. The van der Waals surface area contributed by atoms with Gasteiger partial charge in [0.25, 0.3) is 0 Å². The van der Waals surface area contributed by atoms with Gasteiger partial charge in [-0.2, -0.15) is 26.3 Å². The third-order valence-electron chi connectivity index (χ3n) is 7.23. The van der Waals surface area contributed by atoms with Crippen LogP contribution in [0.3, 0.4) is 0 Å². The molecule has 0 saturated carbocycles. The lowest BCUT2D eigenvalue weighted by atomic mass is 9.93. The Kier molecular flexibility index (Phi) is 12.7. The van der Waals surface area contributed by atoms with E-state index in [0.29, 0.717) is 61.2 Å². The number of rotatable bonds is 11. The van der Waals surface area contributed by atoms with Gasteiger partial charge in [-0.05, 0) is 86.3 Å². The van der Waals surface area contributed by atoms with Gasteiger partial charge < -0.3 is 24.4 Å². The van der Waals surface area contributed by atoms with Crippen LogP contribution >= 0.6 is 0 Å². The Hall–Kier alpha value is -4.53. The second kappa shape index (κ2) is 16.0. The fraction of sp³-hybridized carbons (Fsp3) is 0.394. The first-order valence-corrected chi connectivity index (χ1v) is 14.7. The Morgan fingerprint density at radius 3 is 1.73 bits per heavy atom. The molecule has 15 heteroatoms. The molecule has 1 saturated heterocycles. The van der Waals surface area contributed by atoms with Crippen LogP contribution in [0, 0.1) is 0 Å². The van der Waals surface area contributed by atoms with Gasteiger partial charge in [-0.1, -0.05) is 12.1 Å². The zero-order valence-corrected chi connectivity index (χ0v) is 26.0. The van der Waals surface area contributed by atoms with Crippen LogP contribution in [-0.2, 0) is 17.5 Å². The van der Waals surface area contributed by atoms with Gasteiger partial charge in [-0.25, -0.2) is 14.0 Å². The Labute approximate surface area is 271 Å². The van der Waals surface area contributed by atoms with Crippen molar-refractivity contribution in [2.45, 2.75) is 51.3 Å². The van der Waals surface area contributed by atoms with Crippen molar-refractivity contribution >= 4 is 11.9 Å². The summed E-state index contributed by atoms with van der Waals surface area (Å²) in [6, 6.07) is 14.5. The van der Waals surface area contributed by atoms with Gasteiger partial charge in [-0.15, -0.1) is 0 Å². The molecule has 2 N–H and O–H groups in total. The lowest BCUT2D eigenvalue weighted by molar-refractivity contribution is -0.192. The van der Waals surface area contributed by atoms with Crippen LogP contribution in [0.5, 0.6) is 17.2 Å². The summed E-state index contributed by atoms with van der Waals surface area (Å²) >= 11 is 0. The maximum Gasteiger partial charge on any atom is 0.490 e. The van der Waals surface area contributed by atoms with E-state index >= 15 is 4.39 Å². The van der Waals surface area contributed by atoms with Crippen LogP contribution in [0.2, 0.25) is 0 Å². The molecule has 0 bridgehead atoms. The number of halogens is 7. The summed E-state index contributed by atoms with van der Waals surface area (Å²) in [5.41, 5.74) is -0.0946. The fourth-order valence-electron chi connectivity index (χ4n) is 4.81. The fourth-order valence-corrected chi connectivity index (χ4v) is 4.81. The normalized spacial score (nSPS) is 14.8. The molecule has 1 aliphatic rings. The number of hydrogen-bond donors (Lipinski definition) is 2. The Morgan fingerprint density at radius 2 is 1.31 bits per heavy atom. The van der Waals surface area contributed by atoms with Gasteiger partial charge in [0.15, 0.2) is 0 Å². The zero-order valence-electron chi connectivity index (χ0n) is 26.0.